The number of ketones is 1. The van der Waals surface area contributed by atoms with Crippen LogP contribution in [0, 0.1) is 0 Å². The number of nitrogens with one attached hydrogen (secondary N) is 1. The monoisotopic (exact) mass is 317 g/mol. The molecule has 0 bridgehead atoms. The molecule has 0 saturated carbocycles. The molecule has 9 heteroatoms. The van der Waals surface area contributed by atoms with Crippen molar-refractivity contribution >= 4 is 38.2 Å². The van der Waals surface area contributed by atoms with Crippen molar-refractivity contribution in [1.29, 1.82) is 0 Å². The first kappa shape index (κ1) is 15.1. The van der Waals surface area contributed by atoms with E-state index in [2.05, 4.69) is 10.3 Å². The SMILES string of the molecule is CC(=O)c1csc(NC(=O)C2CCCN2S(C)(=O)=O)n1. The predicted octanol–water partition coefficient (Wildman–Crippen LogP) is 0.708. The molecule has 1 aromatic heterocycles. The van der Waals surface area contributed by atoms with Gasteiger partial charge in [0.1, 0.15) is 11.7 Å². The highest BCUT2D eigenvalue weighted by atomic mass is 32.2. The molecule has 1 fully saturated rings. The van der Waals surface area contributed by atoms with Crippen LogP contribution in [-0.4, -0.2) is 48.2 Å². The van der Waals surface area contributed by atoms with E-state index in [0.29, 0.717) is 24.5 Å². The maximum absolute atomic E-state index is 12.1. The molecule has 0 aromatic carbocycles. The Bertz CT molecular complexity index is 638. The van der Waals surface area contributed by atoms with Gasteiger partial charge in [-0.1, -0.05) is 0 Å². The fourth-order valence-corrected chi connectivity index (χ4v) is 3.96. The molecule has 0 spiro atoms. The first-order chi connectivity index (χ1) is 9.29. The normalized spacial score (nSPS) is 20.0. The summed E-state index contributed by atoms with van der Waals surface area (Å²) in [7, 11) is -3.40. The standard InChI is InChI=1S/C11H15N3O4S2/c1-7(15)8-6-19-11(12-8)13-10(16)9-4-3-5-14(9)20(2,17)18/h6,9H,3-5H2,1-2H3,(H,12,13,16). The van der Waals surface area contributed by atoms with Crippen LogP contribution in [0.15, 0.2) is 5.38 Å². The van der Waals surface area contributed by atoms with Gasteiger partial charge < -0.3 is 5.32 Å². The Kier molecular flexibility index (Phi) is 4.21. The van der Waals surface area contributed by atoms with Crippen LogP contribution >= 0.6 is 11.3 Å². The van der Waals surface area contributed by atoms with E-state index in [0.717, 1.165) is 17.6 Å². The Morgan fingerprint density at radius 3 is 2.75 bits per heavy atom. The van der Waals surface area contributed by atoms with Crippen LogP contribution in [0.1, 0.15) is 30.3 Å². The van der Waals surface area contributed by atoms with Crippen molar-refractivity contribution in [3.05, 3.63) is 11.1 Å². The van der Waals surface area contributed by atoms with Crippen molar-refractivity contribution in [3.63, 3.8) is 0 Å². The van der Waals surface area contributed by atoms with Crippen molar-refractivity contribution in [2.75, 3.05) is 18.1 Å². The number of rotatable bonds is 4. The quantitative estimate of drug-likeness (QED) is 0.825. The van der Waals surface area contributed by atoms with Crippen LogP contribution in [0.3, 0.4) is 0 Å². The van der Waals surface area contributed by atoms with E-state index in [-0.39, 0.29) is 11.5 Å². The van der Waals surface area contributed by atoms with Crippen molar-refractivity contribution in [3.8, 4) is 0 Å². The van der Waals surface area contributed by atoms with Gasteiger partial charge in [-0.2, -0.15) is 4.31 Å². The molecule has 1 amide bonds. The third kappa shape index (κ3) is 3.22. The van der Waals surface area contributed by atoms with E-state index in [1.54, 1.807) is 5.38 Å². The number of amides is 1. The summed E-state index contributed by atoms with van der Waals surface area (Å²) in [4.78, 5) is 27.2. The lowest BCUT2D eigenvalue weighted by atomic mass is 10.2. The summed E-state index contributed by atoms with van der Waals surface area (Å²) in [5.41, 5.74) is 0.289. The smallest absolute Gasteiger partial charge is 0.244 e. The van der Waals surface area contributed by atoms with Crippen LogP contribution in [0.2, 0.25) is 0 Å². The van der Waals surface area contributed by atoms with Gasteiger partial charge in [-0.25, -0.2) is 13.4 Å². The number of carbonyl (C=O) groups is 2. The molecule has 110 valence electrons. The van der Waals surface area contributed by atoms with Crippen molar-refractivity contribution in [2.24, 2.45) is 0 Å². The van der Waals surface area contributed by atoms with Crippen molar-refractivity contribution in [2.45, 2.75) is 25.8 Å². The summed E-state index contributed by atoms with van der Waals surface area (Å²) >= 11 is 1.14. The molecule has 7 nitrogen and oxygen atoms in total. The van der Waals surface area contributed by atoms with Crippen LogP contribution in [0.5, 0.6) is 0 Å². The molecule has 0 radical (unpaired) electrons. The Balaban J connectivity index is 2.09. The molecule has 20 heavy (non-hydrogen) atoms. The van der Waals surface area contributed by atoms with Gasteiger partial charge >= 0.3 is 0 Å². The van der Waals surface area contributed by atoms with E-state index in [1.165, 1.54) is 11.2 Å². The number of hydrogen-bond donors (Lipinski definition) is 1. The molecule has 2 heterocycles. The van der Waals surface area contributed by atoms with E-state index >= 15 is 0 Å². The number of sulfonamides is 1. The topological polar surface area (TPSA) is 96.4 Å². The highest BCUT2D eigenvalue weighted by Crippen LogP contribution is 2.23. The van der Waals surface area contributed by atoms with Crippen LogP contribution in [-0.2, 0) is 14.8 Å². The maximum Gasteiger partial charge on any atom is 0.244 e. The summed E-state index contributed by atoms with van der Waals surface area (Å²) in [5.74, 6) is -0.585. The second kappa shape index (κ2) is 5.58. The zero-order valence-electron chi connectivity index (χ0n) is 11.1. The lowest BCUT2D eigenvalue weighted by Gasteiger charge is -2.20. The average Bonchev–Trinajstić information content (AvgIpc) is 2.95. The fourth-order valence-electron chi connectivity index (χ4n) is 2.08. The first-order valence-electron chi connectivity index (χ1n) is 6.03. The summed E-state index contributed by atoms with van der Waals surface area (Å²) in [6.45, 7) is 1.75. The van der Waals surface area contributed by atoms with E-state index in [1.807, 2.05) is 0 Å². The van der Waals surface area contributed by atoms with E-state index in [9.17, 15) is 18.0 Å². The minimum Gasteiger partial charge on any atom is -0.301 e. The molecule has 1 aliphatic rings. The number of hydrogen-bond acceptors (Lipinski definition) is 6. The van der Waals surface area contributed by atoms with Gasteiger partial charge in [-0.05, 0) is 12.8 Å². The highest BCUT2D eigenvalue weighted by molar-refractivity contribution is 7.88. The van der Waals surface area contributed by atoms with Crippen LogP contribution in [0.4, 0.5) is 5.13 Å². The molecule has 2 rings (SSSR count). The van der Waals surface area contributed by atoms with Crippen molar-refractivity contribution < 1.29 is 18.0 Å². The summed E-state index contributed by atoms with van der Waals surface area (Å²) < 4.78 is 24.4. The summed E-state index contributed by atoms with van der Waals surface area (Å²) in [5, 5.41) is 4.43. The minimum atomic E-state index is -3.40. The number of carbonyl (C=O) groups excluding carboxylic acids is 2. The second-order valence-electron chi connectivity index (χ2n) is 4.62. The number of nitrogens with zero attached hydrogens (tertiary/aromatic N) is 2. The minimum absolute atomic E-state index is 0.180. The van der Waals surface area contributed by atoms with Gasteiger partial charge in [0.05, 0.1) is 6.26 Å². The maximum atomic E-state index is 12.1. The molecule has 1 unspecified atom stereocenters. The van der Waals surface area contributed by atoms with Gasteiger partial charge in [0.25, 0.3) is 0 Å². The van der Waals surface area contributed by atoms with E-state index < -0.39 is 22.0 Å². The van der Waals surface area contributed by atoms with Gasteiger partial charge in [0.2, 0.25) is 15.9 Å². The number of anilines is 1. The number of aromatic nitrogens is 1. The zero-order valence-corrected chi connectivity index (χ0v) is 12.8. The van der Waals surface area contributed by atoms with Gasteiger partial charge in [-0.3, -0.25) is 9.59 Å². The third-order valence-electron chi connectivity index (χ3n) is 3.03. The molecular weight excluding hydrogens is 302 g/mol. The Hall–Kier alpha value is -1.32. The molecule has 1 N–H and O–H groups in total. The van der Waals surface area contributed by atoms with Gasteiger partial charge in [-0.15, -0.1) is 11.3 Å². The molecule has 1 aliphatic heterocycles. The lowest BCUT2D eigenvalue weighted by Crippen LogP contribution is -2.42. The highest BCUT2D eigenvalue weighted by Gasteiger charge is 2.36. The fraction of sp³-hybridized carbons (Fsp3) is 0.545. The molecule has 1 atom stereocenters. The molecule has 1 aromatic rings. The summed E-state index contributed by atoms with van der Waals surface area (Å²) in [6, 6.07) is -0.699. The van der Waals surface area contributed by atoms with Crippen LogP contribution < -0.4 is 5.32 Å². The molecular formula is C11H15N3O4S2. The third-order valence-corrected chi connectivity index (χ3v) is 5.07. The lowest BCUT2D eigenvalue weighted by molar-refractivity contribution is -0.119. The summed E-state index contributed by atoms with van der Waals surface area (Å²) in [6.07, 6.45) is 2.24. The Morgan fingerprint density at radius 1 is 1.50 bits per heavy atom. The van der Waals surface area contributed by atoms with Crippen LogP contribution in [0.25, 0.3) is 0 Å². The zero-order chi connectivity index (χ0) is 14.9. The van der Waals surface area contributed by atoms with E-state index in [4.69, 9.17) is 0 Å². The molecule has 0 aliphatic carbocycles. The Labute approximate surface area is 121 Å². The average molecular weight is 317 g/mol. The number of thiazole rings is 1. The Morgan fingerprint density at radius 2 is 2.20 bits per heavy atom. The number of Topliss-reactive ketones (excluding diaryl/α,β-unsaturated/α-hetero) is 1. The van der Waals surface area contributed by atoms with Gasteiger partial charge in [0, 0.05) is 18.8 Å². The first-order valence-corrected chi connectivity index (χ1v) is 8.76. The largest absolute Gasteiger partial charge is 0.301 e. The van der Waals surface area contributed by atoms with Gasteiger partial charge in [0.15, 0.2) is 10.9 Å². The predicted molar refractivity (Wildman–Crippen MR) is 75.3 cm³/mol. The van der Waals surface area contributed by atoms with Crippen molar-refractivity contribution in [1.82, 2.24) is 9.29 Å². The molecule has 1 saturated heterocycles. The second-order valence-corrected chi connectivity index (χ2v) is 7.41.